The summed E-state index contributed by atoms with van der Waals surface area (Å²) in [6.07, 6.45) is 0.779. The van der Waals surface area contributed by atoms with Crippen LogP contribution in [0.25, 0.3) is 11.4 Å². The van der Waals surface area contributed by atoms with Crippen molar-refractivity contribution in [2.24, 2.45) is 0 Å². The topological polar surface area (TPSA) is 61.6 Å². The van der Waals surface area contributed by atoms with E-state index in [0.717, 1.165) is 29.8 Å². The molecule has 1 N–H and O–H groups in total. The minimum absolute atomic E-state index is 0.300. The van der Waals surface area contributed by atoms with Gasteiger partial charge in [0, 0.05) is 30.6 Å². The molecule has 2 heterocycles. The maximum atomic E-state index is 12.9. The van der Waals surface area contributed by atoms with Gasteiger partial charge in [-0.25, -0.2) is 14.4 Å². The summed E-state index contributed by atoms with van der Waals surface area (Å²) >= 11 is 0. The van der Waals surface area contributed by atoms with Crippen molar-refractivity contribution in [3.8, 4) is 17.5 Å². The Balaban J connectivity index is 2.12. The van der Waals surface area contributed by atoms with Gasteiger partial charge in [0.05, 0.1) is 5.69 Å². The van der Waals surface area contributed by atoms with E-state index < -0.39 is 0 Å². The van der Waals surface area contributed by atoms with E-state index in [-0.39, 0.29) is 5.82 Å². The smallest absolute Gasteiger partial charge is 0.160 e. The van der Waals surface area contributed by atoms with Crippen molar-refractivity contribution >= 4 is 0 Å². The lowest BCUT2D eigenvalue weighted by Gasteiger charge is -2.17. The van der Waals surface area contributed by atoms with Gasteiger partial charge in [-0.1, -0.05) is 0 Å². The normalized spacial score (nSPS) is 13.7. The molecule has 2 aromatic rings. The predicted molar refractivity (Wildman–Crippen MR) is 67.6 cm³/mol. The van der Waals surface area contributed by atoms with E-state index in [1.54, 1.807) is 12.1 Å². The van der Waals surface area contributed by atoms with Gasteiger partial charge >= 0.3 is 0 Å². The number of hydrogen-bond acceptors (Lipinski definition) is 4. The molecule has 19 heavy (non-hydrogen) atoms. The van der Waals surface area contributed by atoms with Crippen LogP contribution in [0.5, 0.6) is 0 Å². The molecule has 0 unspecified atom stereocenters. The first-order valence-corrected chi connectivity index (χ1v) is 6.04. The molecule has 0 atom stereocenters. The quantitative estimate of drug-likeness (QED) is 0.843. The number of halogens is 1. The van der Waals surface area contributed by atoms with Crippen molar-refractivity contribution in [3.05, 3.63) is 47.0 Å². The monoisotopic (exact) mass is 254 g/mol. The highest BCUT2D eigenvalue weighted by molar-refractivity contribution is 5.57. The number of nitriles is 1. The minimum Gasteiger partial charge on any atom is -0.312 e. The molecule has 0 aliphatic carbocycles. The zero-order chi connectivity index (χ0) is 13.2. The summed E-state index contributed by atoms with van der Waals surface area (Å²) in [5.74, 6) is 0.184. The molecule has 0 bridgehead atoms. The number of nitrogens with one attached hydrogen (secondary N) is 1. The molecule has 0 amide bonds. The Labute approximate surface area is 109 Å². The summed E-state index contributed by atoms with van der Waals surface area (Å²) in [6.45, 7) is 1.47. The summed E-state index contributed by atoms with van der Waals surface area (Å²) in [5.41, 5.74) is 2.90. The van der Waals surface area contributed by atoms with Crippen LogP contribution >= 0.6 is 0 Å². The fourth-order valence-electron chi connectivity index (χ4n) is 2.16. The fraction of sp³-hybridized carbons (Fsp3) is 0.214. The number of benzene rings is 1. The second-order valence-corrected chi connectivity index (χ2v) is 4.37. The second kappa shape index (κ2) is 4.75. The van der Waals surface area contributed by atoms with Crippen LogP contribution in [0.4, 0.5) is 4.39 Å². The first-order chi connectivity index (χ1) is 9.28. The van der Waals surface area contributed by atoms with Gasteiger partial charge in [-0.2, -0.15) is 5.26 Å². The average molecular weight is 254 g/mol. The van der Waals surface area contributed by atoms with E-state index >= 15 is 0 Å². The molecular formula is C14H11FN4. The molecular weight excluding hydrogens is 243 g/mol. The van der Waals surface area contributed by atoms with E-state index in [4.69, 9.17) is 0 Å². The summed E-state index contributed by atoms with van der Waals surface area (Å²) in [5, 5.41) is 12.4. The molecule has 1 aliphatic rings. The third-order valence-corrected chi connectivity index (χ3v) is 3.14. The largest absolute Gasteiger partial charge is 0.312 e. The molecule has 5 heteroatoms. The van der Waals surface area contributed by atoms with Crippen LogP contribution < -0.4 is 5.32 Å². The van der Waals surface area contributed by atoms with Crippen LogP contribution in [0.1, 0.15) is 17.0 Å². The molecule has 0 saturated carbocycles. The molecule has 0 saturated heterocycles. The number of fused-ring (bicyclic) bond motifs is 1. The van der Waals surface area contributed by atoms with E-state index in [2.05, 4.69) is 21.4 Å². The lowest BCUT2D eigenvalue weighted by atomic mass is 10.0. The molecule has 1 aromatic carbocycles. The van der Waals surface area contributed by atoms with E-state index in [9.17, 15) is 9.65 Å². The van der Waals surface area contributed by atoms with Crippen LogP contribution in [0.15, 0.2) is 24.3 Å². The Bertz CT molecular complexity index is 658. The van der Waals surface area contributed by atoms with Crippen LogP contribution in [0.3, 0.4) is 0 Å². The van der Waals surface area contributed by atoms with Crippen LogP contribution in [-0.2, 0) is 13.0 Å². The summed E-state index contributed by atoms with van der Waals surface area (Å²) < 4.78 is 12.9. The Hall–Kier alpha value is -2.32. The standard InChI is InChI=1S/C14H11FN4/c15-10-3-1-9(2-4-10)14-18-12-5-6-17-8-11(12)13(7-16)19-14/h1-4,17H,5-6,8H2. The molecule has 0 fully saturated rings. The minimum atomic E-state index is -0.300. The fourth-order valence-corrected chi connectivity index (χ4v) is 2.16. The van der Waals surface area contributed by atoms with Crippen molar-refractivity contribution in [1.82, 2.24) is 15.3 Å². The zero-order valence-corrected chi connectivity index (χ0v) is 10.2. The second-order valence-electron chi connectivity index (χ2n) is 4.37. The van der Waals surface area contributed by atoms with E-state index in [1.165, 1.54) is 12.1 Å². The Morgan fingerprint density at radius 1 is 1.21 bits per heavy atom. The van der Waals surface area contributed by atoms with Crippen LogP contribution in [0, 0.1) is 17.1 Å². The van der Waals surface area contributed by atoms with Crippen molar-refractivity contribution in [2.45, 2.75) is 13.0 Å². The molecule has 3 rings (SSSR count). The lowest BCUT2D eigenvalue weighted by Crippen LogP contribution is -2.26. The lowest BCUT2D eigenvalue weighted by molar-refractivity contribution is 0.624. The highest BCUT2D eigenvalue weighted by atomic mass is 19.1. The molecule has 1 aromatic heterocycles. The van der Waals surface area contributed by atoms with Crippen molar-refractivity contribution in [3.63, 3.8) is 0 Å². The zero-order valence-electron chi connectivity index (χ0n) is 10.2. The highest BCUT2D eigenvalue weighted by Crippen LogP contribution is 2.21. The average Bonchev–Trinajstić information content (AvgIpc) is 2.47. The van der Waals surface area contributed by atoms with Gasteiger partial charge in [0.1, 0.15) is 17.6 Å². The van der Waals surface area contributed by atoms with Gasteiger partial charge in [-0.3, -0.25) is 0 Å². The Kier molecular flexibility index (Phi) is 2.94. The number of nitrogens with zero attached hydrogens (tertiary/aromatic N) is 3. The maximum absolute atomic E-state index is 12.9. The number of rotatable bonds is 1. The van der Waals surface area contributed by atoms with E-state index in [1.807, 2.05) is 0 Å². The molecule has 94 valence electrons. The number of hydrogen-bond donors (Lipinski definition) is 1. The molecule has 4 nitrogen and oxygen atoms in total. The van der Waals surface area contributed by atoms with Crippen LogP contribution in [0.2, 0.25) is 0 Å². The van der Waals surface area contributed by atoms with E-state index in [0.29, 0.717) is 18.1 Å². The SMILES string of the molecule is N#Cc1nc(-c2ccc(F)cc2)nc2c1CNCC2. The molecule has 1 aliphatic heterocycles. The first-order valence-electron chi connectivity index (χ1n) is 6.04. The summed E-state index contributed by atoms with van der Waals surface area (Å²) in [4.78, 5) is 8.77. The third kappa shape index (κ3) is 2.18. The van der Waals surface area contributed by atoms with Gasteiger partial charge in [0.2, 0.25) is 0 Å². The Morgan fingerprint density at radius 3 is 2.74 bits per heavy atom. The molecule has 0 spiro atoms. The first kappa shape index (κ1) is 11.8. The third-order valence-electron chi connectivity index (χ3n) is 3.14. The van der Waals surface area contributed by atoms with Gasteiger partial charge in [0.15, 0.2) is 5.82 Å². The predicted octanol–water partition coefficient (Wildman–Crippen LogP) is 1.80. The van der Waals surface area contributed by atoms with Gasteiger partial charge in [-0.15, -0.1) is 0 Å². The summed E-state index contributed by atoms with van der Waals surface area (Å²) in [7, 11) is 0. The van der Waals surface area contributed by atoms with Crippen molar-refractivity contribution in [2.75, 3.05) is 6.54 Å². The van der Waals surface area contributed by atoms with Crippen molar-refractivity contribution < 1.29 is 4.39 Å². The van der Waals surface area contributed by atoms with Gasteiger partial charge < -0.3 is 5.32 Å². The summed E-state index contributed by atoms with van der Waals surface area (Å²) in [6, 6.07) is 8.09. The number of aromatic nitrogens is 2. The van der Waals surface area contributed by atoms with Gasteiger partial charge in [0.25, 0.3) is 0 Å². The van der Waals surface area contributed by atoms with Gasteiger partial charge in [-0.05, 0) is 24.3 Å². The maximum Gasteiger partial charge on any atom is 0.160 e. The Morgan fingerprint density at radius 2 is 2.00 bits per heavy atom. The highest BCUT2D eigenvalue weighted by Gasteiger charge is 2.17. The molecule has 0 radical (unpaired) electrons. The van der Waals surface area contributed by atoms with Crippen LogP contribution in [-0.4, -0.2) is 16.5 Å². The van der Waals surface area contributed by atoms with Crippen molar-refractivity contribution in [1.29, 1.82) is 5.26 Å².